The highest BCUT2D eigenvalue weighted by Crippen LogP contribution is 2.50. The van der Waals surface area contributed by atoms with Crippen LogP contribution in [0.5, 0.6) is 0 Å². The van der Waals surface area contributed by atoms with Crippen molar-refractivity contribution >= 4 is 23.8 Å². The maximum atomic E-state index is 12.9. The van der Waals surface area contributed by atoms with Gasteiger partial charge in [0.05, 0.1) is 5.92 Å². The second-order valence-electron chi connectivity index (χ2n) is 9.35. The van der Waals surface area contributed by atoms with E-state index in [9.17, 15) is 14.4 Å². The highest BCUT2D eigenvalue weighted by molar-refractivity contribution is 5.84. The van der Waals surface area contributed by atoms with E-state index < -0.39 is 0 Å². The minimum absolute atomic E-state index is 0.0621. The van der Waals surface area contributed by atoms with E-state index in [0.29, 0.717) is 24.2 Å². The van der Waals surface area contributed by atoms with Crippen molar-refractivity contribution in [2.24, 2.45) is 11.3 Å². The normalized spacial score (nSPS) is 26.4. The van der Waals surface area contributed by atoms with E-state index in [1.165, 1.54) is 6.42 Å². The maximum Gasteiger partial charge on any atom is 0.227 e. The molecule has 4 rings (SSSR count). The molecule has 7 nitrogen and oxygen atoms in total. The van der Waals surface area contributed by atoms with E-state index in [2.05, 4.69) is 15.5 Å². The highest BCUT2D eigenvalue weighted by Gasteiger charge is 2.49. The van der Waals surface area contributed by atoms with E-state index >= 15 is 0 Å². The smallest absolute Gasteiger partial charge is 0.227 e. The number of anilines is 1. The fourth-order valence-electron chi connectivity index (χ4n) is 5.52. The van der Waals surface area contributed by atoms with Gasteiger partial charge in [0.1, 0.15) is 6.29 Å². The zero-order chi connectivity index (χ0) is 21.8. The highest BCUT2D eigenvalue weighted by atomic mass is 16.2. The molecule has 1 atom stereocenters. The van der Waals surface area contributed by atoms with Crippen molar-refractivity contribution in [3.05, 3.63) is 29.8 Å². The van der Waals surface area contributed by atoms with Gasteiger partial charge in [-0.1, -0.05) is 12.1 Å². The van der Waals surface area contributed by atoms with Crippen molar-refractivity contribution in [1.82, 2.24) is 15.5 Å². The third-order valence-corrected chi connectivity index (χ3v) is 7.43. The molecule has 2 heterocycles. The number of nitrogens with one attached hydrogen (secondary N) is 2. The monoisotopic (exact) mass is 426 g/mol. The van der Waals surface area contributed by atoms with Gasteiger partial charge in [-0.15, -0.1) is 0 Å². The van der Waals surface area contributed by atoms with Gasteiger partial charge in [0, 0.05) is 57.8 Å². The summed E-state index contributed by atoms with van der Waals surface area (Å²) >= 11 is 0. The molecule has 7 heteroatoms. The Labute approximate surface area is 184 Å². The first-order valence-corrected chi connectivity index (χ1v) is 11.5. The Morgan fingerprint density at radius 1 is 1.19 bits per heavy atom. The minimum atomic E-state index is -0.306. The van der Waals surface area contributed by atoms with Gasteiger partial charge in [-0.3, -0.25) is 9.59 Å². The Bertz CT molecular complexity index is 788. The molecule has 31 heavy (non-hydrogen) atoms. The number of nitrogens with zero attached hydrogens (tertiary/aromatic N) is 2. The number of carbonyl (C=O) groups excluding carboxylic acids is 3. The summed E-state index contributed by atoms with van der Waals surface area (Å²) in [7, 11) is 1.62. The summed E-state index contributed by atoms with van der Waals surface area (Å²) in [6.45, 7) is 5.36. The Balaban J connectivity index is 1.30. The molecular formula is C24H34N4O3. The minimum Gasteiger partial charge on any atom is -0.368 e. The van der Waals surface area contributed by atoms with Crippen LogP contribution in [0, 0.1) is 11.3 Å². The van der Waals surface area contributed by atoms with Crippen molar-refractivity contribution in [3.63, 3.8) is 0 Å². The Hall–Kier alpha value is -2.41. The first-order chi connectivity index (χ1) is 15.0. The summed E-state index contributed by atoms with van der Waals surface area (Å²) in [5.74, 6) is 0.197. The number of hydrogen-bond donors (Lipinski definition) is 2. The number of piperazine rings is 1. The second-order valence-corrected chi connectivity index (χ2v) is 9.35. The summed E-state index contributed by atoms with van der Waals surface area (Å²) in [6.07, 6.45) is 5.07. The van der Waals surface area contributed by atoms with Crippen LogP contribution in [0.25, 0.3) is 0 Å². The number of aldehydes is 1. The molecule has 1 aliphatic carbocycles. The SMILES string of the molecule is CNC(=O)[C@H](CCC=O)c1ccc(N2CCN(C(=O)C3CC4(CCNC4)C3)CC2)cc1. The standard InChI is InChI=1S/C24H34N4O3/c1-25-22(30)21(3-2-14-29)18-4-6-20(7-5-18)27-10-12-28(13-11-27)23(31)19-15-24(16-19)8-9-26-17-24/h4-7,14,19,21,26H,2-3,8-13,15-17H2,1H3,(H,25,30)/t19?,21-,24?/m1/s1. The van der Waals surface area contributed by atoms with Gasteiger partial charge in [-0.25, -0.2) is 0 Å². The van der Waals surface area contributed by atoms with Crippen LogP contribution in [0.1, 0.15) is 43.6 Å². The summed E-state index contributed by atoms with van der Waals surface area (Å²) in [4.78, 5) is 40.2. The van der Waals surface area contributed by atoms with Crippen molar-refractivity contribution in [1.29, 1.82) is 0 Å². The largest absolute Gasteiger partial charge is 0.368 e. The van der Waals surface area contributed by atoms with Gasteiger partial charge in [0.25, 0.3) is 0 Å². The second kappa shape index (κ2) is 9.39. The average molecular weight is 427 g/mol. The van der Waals surface area contributed by atoms with Crippen LogP contribution in [0.4, 0.5) is 5.69 Å². The fourth-order valence-corrected chi connectivity index (χ4v) is 5.52. The Kier molecular flexibility index (Phi) is 6.60. The first kappa shape index (κ1) is 21.8. The third kappa shape index (κ3) is 4.61. The van der Waals surface area contributed by atoms with Crippen LogP contribution in [-0.4, -0.2) is 69.3 Å². The summed E-state index contributed by atoms with van der Waals surface area (Å²) < 4.78 is 0. The molecule has 3 fully saturated rings. The maximum absolute atomic E-state index is 12.9. The number of amides is 2. The molecule has 3 aliphatic rings. The summed E-state index contributed by atoms with van der Waals surface area (Å²) in [5, 5.41) is 6.13. The van der Waals surface area contributed by atoms with Crippen molar-refractivity contribution in [2.75, 3.05) is 51.2 Å². The topological polar surface area (TPSA) is 81.8 Å². The molecular weight excluding hydrogens is 392 g/mol. The molecule has 2 N–H and O–H groups in total. The zero-order valence-electron chi connectivity index (χ0n) is 18.4. The third-order valence-electron chi connectivity index (χ3n) is 7.43. The quantitative estimate of drug-likeness (QED) is 0.647. The number of benzene rings is 1. The van der Waals surface area contributed by atoms with Gasteiger partial charge in [0.15, 0.2) is 0 Å². The van der Waals surface area contributed by atoms with E-state index in [4.69, 9.17) is 0 Å². The van der Waals surface area contributed by atoms with Gasteiger partial charge >= 0.3 is 0 Å². The average Bonchev–Trinajstić information content (AvgIpc) is 3.29. The molecule has 1 saturated carbocycles. The van der Waals surface area contributed by atoms with Gasteiger partial charge in [-0.05, 0) is 55.3 Å². The van der Waals surface area contributed by atoms with Gasteiger partial charge in [-0.2, -0.15) is 0 Å². The van der Waals surface area contributed by atoms with E-state index in [-0.39, 0.29) is 17.7 Å². The zero-order valence-corrected chi connectivity index (χ0v) is 18.4. The van der Waals surface area contributed by atoms with E-state index in [1.54, 1.807) is 7.05 Å². The van der Waals surface area contributed by atoms with Crippen LogP contribution in [-0.2, 0) is 14.4 Å². The number of rotatable bonds is 7. The predicted octanol–water partition coefficient (Wildman–Crippen LogP) is 1.53. The number of likely N-dealkylation sites (N-methyl/N-ethyl adjacent to an activating group) is 1. The molecule has 2 saturated heterocycles. The van der Waals surface area contributed by atoms with Crippen LogP contribution in [0.3, 0.4) is 0 Å². The lowest BCUT2D eigenvalue weighted by Gasteiger charge is -2.47. The van der Waals surface area contributed by atoms with Crippen LogP contribution >= 0.6 is 0 Å². The summed E-state index contributed by atoms with van der Waals surface area (Å²) in [6, 6.07) is 8.07. The molecule has 2 aliphatic heterocycles. The fraction of sp³-hybridized carbons (Fsp3) is 0.625. The molecule has 1 spiro atoms. The molecule has 0 unspecified atom stereocenters. The van der Waals surface area contributed by atoms with Crippen molar-refractivity contribution in [2.45, 2.75) is 38.0 Å². The van der Waals surface area contributed by atoms with Crippen molar-refractivity contribution in [3.8, 4) is 0 Å². The molecule has 0 radical (unpaired) electrons. The molecule has 1 aromatic rings. The molecule has 0 aromatic heterocycles. The lowest BCUT2D eigenvalue weighted by Crippen LogP contribution is -2.54. The lowest BCUT2D eigenvalue weighted by molar-refractivity contribution is -0.143. The van der Waals surface area contributed by atoms with Gasteiger partial charge in [0.2, 0.25) is 11.8 Å². The number of hydrogen-bond acceptors (Lipinski definition) is 5. The van der Waals surface area contributed by atoms with Gasteiger partial charge < -0.3 is 25.2 Å². The Morgan fingerprint density at radius 3 is 2.48 bits per heavy atom. The van der Waals surface area contributed by atoms with Crippen molar-refractivity contribution < 1.29 is 14.4 Å². The first-order valence-electron chi connectivity index (χ1n) is 11.5. The Morgan fingerprint density at radius 2 is 1.90 bits per heavy atom. The van der Waals surface area contributed by atoms with E-state index in [1.807, 2.05) is 29.2 Å². The van der Waals surface area contributed by atoms with E-state index in [0.717, 1.165) is 69.6 Å². The summed E-state index contributed by atoms with van der Waals surface area (Å²) in [5.41, 5.74) is 2.45. The molecule has 168 valence electrons. The lowest BCUT2D eigenvalue weighted by atomic mass is 9.61. The molecule has 0 bridgehead atoms. The molecule has 2 amide bonds. The molecule has 1 aromatic carbocycles. The predicted molar refractivity (Wildman–Crippen MR) is 120 cm³/mol. The van der Waals surface area contributed by atoms with Crippen LogP contribution in [0.2, 0.25) is 0 Å². The van der Waals surface area contributed by atoms with Crippen LogP contribution in [0.15, 0.2) is 24.3 Å². The van der Waals surface area contributed by atoms with Crippen LogP contribution < -0.4 is 15.5 Å². The number of carbonyl (C=O) groups is 3.